The molecule has 2 heteroatoms. The largest absolute Gasteiger partial charge is 0.313 e. The van der Waals surface area contributed by atoms with Crippen LogP contribution in [0.15, 0.2) is 18.2 Å². The Morgan fingerprint density at radius 1 is 1.21 bits per heavy atom. The molecule has 0 heterocycles. The van der Waals surface area contributed by atoms with E-state index in [-0.39, 0.29) is 6.67 Å². The number of benzene rings is 1. The molecule has 1 aromatic carbocycles. The molecule has 1 N–H and O–H groups in total. The van der Waals surface area contributed by atoms with Gasteiger partial charge >= 0.3 is 0 Å². The summed E-state index contributed by atoms with van der Waals surface area (Å²) in [4.78, 5) is 0. The summed E-state index contributed by atoms with van der Waals surface area (Å²) < 4.78 is 11.8. The minimum Gasteiger partial charge on any atom is -0.313 e. The van der Waals surface area contributed by atoms with Crippen molar-refractivity contribution < 1.29 is 4.39 Å². The van der Waals surface area contributed by atoms with Crippen molar-refractivity contribution in [2.45, 2.75) is 26.8 Å². The van der Waals surface area contributed by atoms with Crippen molar-refractivity contribution in [3.8, 4) is 0 Å². The Balaban J connectivity index is 2.39. The van der Waals surface area contributed by atoms with Gasteiger partial charge in [-0.25, -0.2) is 0 Å². The van der Waals surface area contributed by atoms with Gasteiger partial charge < -0.3 is 5.32 Å². The normalized spacial score (nSPS) is 10.5. The lowest BCUT2D eigenvalue weighted by molar-refractivity contribution is 0.459. The first-order valence-corrected chi connectivity index (χ1v) is 5.07. The van der Waals surface area contributed by atoms with Gasteiger partial charge in [0.25, 0.3) is 0 Å². The van der Waals surface area contributed by atoms with E-state index in [4.69, 9.17) is 0 Å². The van der Waals surface area contributed by atoms with Crippen LogP contribution in [-0.2, 0) is 6.54 Å². The van der Waals surface area contributed by atoms with Crippen molar-refractivity contribution in [1.29, 1.82) is 0 Å². The number of hydrogen-bond acceptors (Lipinski definition) is 1. The molecule has 1 aromatic rings. The van der Waals surface area contributed by atoms with E-state index in [0.717, 1.165) is 13.1 Å². The zero-order chi connectivity index (χ0) is 10.4. The lowest BCUT2D eigenvalue weighted by Gasteiger charge is -2.06. The molecular formula is C12H18FN. The highest BCUT2D eigenvalue weighted by atomic mass is 19.1. The molecule has 0 fully saturated rings. The van der Waals surface area contributed by atoms with Gasteiger partial charge in [0.2, 0.25) is 0 Å². The van der Waals surface area contributed by atoms with Crippen LogP contribution < -0.4 is 5.32 Å². The van der Waals surface area contributed by atoms with Crippen molar-refractivity contribution in [1.82, 2.24) is 5.32 Å². The van der Waals surface area contributed by atoms with Gasteiger partial charge in [-0.05, 0) is 43.5 Å². The number of alkyl halides is 1. The van der Waals surface area contributed by atoms with E-state index < -0.39 is 0 Å². The predicted octanol–water partition coefficient (Wildman–Crippen LogP) is 2.75. The third-order valence-electron chi connectivity index (χ3n) is 2.39. The highest BCUT2D eigenvalue weighted by molar-refractivity contribution is 5.29. The minimum absolute atomic E-state index is 0.236. The van der Waals surface area contributed by atoms with Gasteiger partial charge in [-0.3, -0.25) is 4.39 Å². The summed E-state index contributed by atoms with van der Waals surface area (Å²) in [7, 11) is 0. The molecule has 0 radical (unpaired) electrons. The van der Waals surface area contributed by atoms with Gasteiger partial charge in [-0.15, -0.1) is 0 Å². The van der Waals surface area contributed by atoms with Crippen LogP contribution in [0.5, 0.6) is 0 Å². The molecule has 1 rings (SSSR count). The molecule has 0 spiro atoms. The predicted molar refractivity (Wildman–Crippen MR) is 58.2 cm³/mol. The van der Waals surface area contributed by atoms with E-state index in [1.54, 1.807) is 0 Å². The number of nitrogens with one attached hydrogen (secondary N) is 1. The first-order valence-electron chi connectivity index (χ1n) is 5.07. The standard InChI is InChI=1S/C12H18FN/c1-10-4-5-12(8-11(10)2)9-14-7-3-6-13/h4-5,8,14H,3,6-7,9H2,1-2H3. The lowest BCUT2D eigenvalue weighted by Crippen LogP contribution is -2.15. The molecule has 0 unspecified atom stereocenters. The molecule has 0 amide bonds. The van der Waals surface area contributed by atoms with Gasteiger partial charge in [0.15, 0.2) is 0 Å². The van der Waals surface area contributed by atoms with E-state index in [0.29, 0.717) is 6.42 Å². The van der Waals surface area contributed by atoms with Crippen molar-refractivity contribution in [3.05, 3.63) is 34.9 Å². The summed E-state index contributed by atoms with van der Waals surface area (Å²) in [6.45, 7) is 5.57. The fraction of sp³-hybridized carbons (Fsp3) is 0.500. The maximum atomic E-state index is 11.8. The van der Waals surface area contributed by atoms with Crippen molar-refractivity contribution in [3.63, 3.8) is 0 Å². The fourth-order valence-corrected chi connectivity index (χ4v) is 1.34. The summed E-state index contributed by atoms with van der Waals surface area (Å²) in [6.07, 6.45) is 0.602. The van der Waals surface area contributed by atoms with Crippen molar-refractivity contribution >= 4 is 0 Å². The maximum absolute atomic E-state index is 11.8. The number of rotatable bonds is 5. The quantitative estimate of drug-likeness (QED) is 0.712. The molecule has 0 saturated carbocycles. The van der Waals surface area contributed by atoms with Crippen LogP contribution in [0.2, 0.25) is 0 Å². The maximum Gasteiger partial charge on any atom is 0.0906 e. The van der Waals surface area contributed by atoms with Crippen LogP contribution in [0.25, 0.3) is 0 Å². The minimum atomic E-state index is -0.236. The second-order valence-corrected chi connectivity index (χ2v) is 3.64. The van der Waals surface area contributed by atoms with Crippen LogP contribution >= 0.6 is 0 Å². The Morgan fingerprint density at radius 3 is 2.64 bits per heavy atom. The first kappa shape index (κ1) is 11.2. The third kappa shape index (κ3) is 3.46. The van der Waals surface area contributed by atoms with Gasteiger partial charge in [0.1, 0.15) is 0 Å². The second-order valence-electron chi connectivity index (χ2n) is 3.64. The average molecular weight is 195 g/mol. The van der Waals surface area contributed by atoms with Gasteiger partial charge in [0.05, 0.1) is 6.67 Å². The van der Waals surface area contributed by atoms with Crippen molar-refractivity contribution in [2.24, 2.45) is 0 Å². The zero-order valence-electron chi connectivity index (χ0n) is 8.94. The third-order valence-corrected chi connectivity index (χ3v) is 2.39. The van der Waals surface area contributed by atoms with Gasteiger partial charge in [-0.2, -0.15) is 0 Å². The Morgan fingerprint density at radius 2 is 2.00 bits per heavy atom. The van der Waals surface area contributed by atoms with E-state index in [1.807, 2.05) is 0 Å². The Kier molecular flexibility index (Phi) is 4.60. The monoisotopic (exact) mass is 195 g/mol. The molecule has 1 nitrogen and oxygen atoms in total. The summed E-state index contributed by atoms with van der Waals surface area (Å²) >= 11 is 0. The van der Waals surface area contributed by atoms with E-state index in [1.165, 1.54) is 16.7 Å². The Bertz CT molecular complexity index is 284. The van der Waals surface area contributed by atoms with Gasteiger partial charge in [-0.1, -0.05) is 18.2 Å². The molecule has 0 aliphatic rings. The Hall–Kier alpha value is -0.890. The fourth-order valence-electron chi connectivity index (χ4n) is 1.34. The van der Waals surface area contributed by atoms with E-state index in [2.05, 4.69) is 37.4 Å². The molecule has 0 aliphatic heterocycles. The van der Waals surface area contributed by atoms with Crippen LogP contribution in [0.4, 0.5) is 4.39 Å². The number of aryl methyl sites for hydroxylation is 2. The highest BCUT2D eigenvalue weighted by Gasteiger charge is 1.95. The van der Waals surface area contributed by atoms with Crippen LogP contribution in [0, 0.1) is 13.8 Å². The van der Waals surface area contributed by atoms with Crippen LogP contribution in [-0.4, -0.2) is 13.2 Å². The SMILES string of the molecule is Cc1ccc(CNCCCF)cc1C. The van der Waals surface area contributed by atoms with Crippen LogP contribution in [0.1, 0.15) is 23.1 Å². The molecular weight excluding hydrogens is 177 g/mol. The Labute approximate surface area is 85.3 Å². The second kappa shape index (κ2) is 5.76. The molecule has 0 bridgehead atoms. The molecule has 78 valence electrons. The number of halogens is 1. The molecule has 0 saturated heterocycles. The topological polar surface area (TPSA) is 12.0 Å². The number of hydrogen-bond donors (Lipinski definition) is 1. The van der Waals surface area contributed by atoms with Crippen LogP contribution in [0.3, 0.4) is 0 Å². The lowest BCUT2D eigenvalue weighted by atomic mass is 10.1. The smallest absolute Gasteiger partial charge is 0.0906 e. The summed E-state index contributed by atoms with van der Waals surface area (Å²) in [5.74, 6) is 0. The van der Waals surface area contributed by atoms with E-state index >= 15 is 0 Å². The first-order chi connectivity index (χ1) is 6.74. The molecule has 0 aromatic heterocycles. The molecule has 14 heavy (non-hydrogen) atoms. The average Bonchev–Trinajstić information content (AvgIpc) is 2.18. The summed E-state index contributed by atoms with van der Waals surface area (Å²) in [6, 6.07) is 6.42. The summed E-state index contributed by atoms with van der Waals surface area (Å²) in [5.41, 5.74) is 3.90. The zero-order valence-corrected chi connectivity index (χ0v) is 8.94. The van der Waals surface area contributed by atoms with Crippen molar-refractivity contribution in [2.75, 3.05) is 13.2 Å². The van der Waals surface area contributed by atoms with E-state index in [9.17, 15) is 4.39 Å². The van der Waals surface area contributed by atoms with Gasteiger partial charge in [0, 0.05) is 6.54 Å². The molecule has 0 aliphatic carbocycles. The highest BCUT2D eigenvalue weighted by Crippen LogP contribution is 2.09. The summed E-state index contributed by atoms with van der Waals surface area (Å²) in [5, 5.41) is 3.21. The molecule has 0 atom stereocenters.